The molecule has 1 radical (unpaired) electrons. The molecule has 14 heavy (non-hydrogen) atoms. The summed E-state index contributed by atoms with van der Waals surface area (Å²) in [4.78, 5) is 31.5. The molecule has 4 N–H and O–H groups in total. The molecule has 0 aromatic heterocycles. The van der Waals surface area contributed by atoms with E-state index in [1.54, 1.807) is 0 Å². The van der Waals surface area contributed by atoms with Crippen LogP contribution in [-0.4, -0.2) is 37.0 Å². The van der Waals surface area contributed by atoms with Crippen molar-refractivity contribution in [2.75, 3.05) is 5.33 Å². The van der Waals surface area contributed by atoms with Crippen LogP contribution in [0.2, 0.25) is 0 Å². The summed E-state index contributed by atoms with van der Waals surface area (Å²) in [5.41, 5.74) is 4.88. The number of amides is 2. The minimum absolute atomic E-state index is 0.107. The first kappa shape index (κ1) is 13.1. The van der Waals surface area contributed by atoms with E-state index in [1.165, 1.54) is 7.55 Å². The van der Waals surface area contributed by atoms with E-state index >= 15 is 0 Å². The van der Waals surface area contributed by atoms with Crippen LogP contribution in [0.1, 0.15) is 6.42 Å². The number of hydrogen-bond acceptors (Lipinski definition) is 4. The van der Waals surface area contributed by atoms with Crippen LogP contribution in [0.4, 0.5) is 0 Å². The van der Waals surface area contributed by atoms with E-state index in [0.717, 1.165) is 0 Å². The average Bonchev–Trinajstić information content (AvgIpc) is 2.15. The number of carbonyl (C=O) groups excluding carboxylic acids is 3. The lowest BCUT2D eigenvalue weighted by Crippen LogP contribution is -2.45. The van der Waals surface area contributed by atoms with Crippen molar-refractivity contribution in [1.29, 1.82) is 0 Å². The van der Waals surface area contributed by atoms with Gasteiger partial charge in [0.2, 0.25) is 11.8 Å². The van der Waals surface area contributed by atoms with E-state index in [0.29, 0.717) is 6.29 Å². The molecule has 0 saturated carbocycles. The monoisotopic (exact) mass is 262 g/mol. The third-order valence-electron chi connectivity index (χ3n) is 1.24. The Morgan fingerprint density at radius 1 is 1.57 bits per heavy atom. The van der Waals surface area contributed by atoms with Crippen LogP contribution in [-0.2, 0) is 14.4 Å². The minimum atomic E-state index is -0.705. The zero-order valence-electron chi connectivity index (χ0n) is 7.33. The summed E-state index contributed by atoms with van der Waals surface area (Å²) in [6, 6.07) is -0.705. The van der Waals surface area contributed by atoms with Crippen LogP contribution >= 0.6 is 15.9 Å². The molecule has 0 aromatic carbocycles. The molecule has 0 heterocycles. The van der Waals surface area contributed by atoms with Gasteiger partial charge >= 0.3 is 7.55 Å². The predicted molar refractivity (Wildman–Crippen MR) is 54.5 cm³/mol. The zero-order chi connectivity index (χ0) is 11.0. The van der Waals surface area contributed by atoms with Crippen molar-refractivity contribution in [3.05, 3.63) is 0 Å². The molecule has 1 atom stereocenters. The lowest BCUT2D eigenvalue weighted by atomic mass is 10.1. The molecule has 2 amide bonds. The van der Waals surface area contributed by atoms with Crippen molar-refractivity contribution in [2.24, 2.45) is 5.73 Å². The van der Waals surface area contributed by atoms with Crippen molar-refractivity contribution in [2.45, 2.75) is 12.5 Å². The van der Waals surface area contributed by atoms with Crippen molar-refractivity contribution >= 4 is 41.6 Å². The second-order valence-corrected chi connectivity index (χ2v) is 2.99. The second kappa shape index (κ2) is 7.51. The quantitative estimate of drug-likeness (QED) is 0.282. The van der Waals surface area contributed by atoms with Gasteiger partial charge in [0.1, 0.15) is 6.29 Å². The van der Waals surface area contributed by atoms with Crippen molar-refractivity contribution in [3.63, 3.8) is 0 Å². The first-order valence-electron chi connectivity index (χ1n) is 3.76. The summed E-state index contributed by atoms with van der Waals surface area (Å²) in [6.45, 7) is 0. The summed E-state index contributed by atoms with van der Waals surface area (Å²) >= 11 is 2.94. The van der Waals surface area contributed by atoms with Gasteiger partial charge < -0.3 is 21.0 Å². The first-order valence-corrected chi connectivity index (χ1v) is 4.89. The number of aldehydes is 1. The molecule has 0 aromatic rings. The molecule has 0 aliphatic heterocycles. The van der Waals surface area contributed by atoms with Gasteiger partial charge in [0.05, 0.1) is 11.4 Å². The van der Waals surface area contributed by atoms with Crippen LogP contribution in [0, 0.1) is 0 Å². The van der Waals surface area contributed by atoms with E-state index in [9.17, 15) is 14.4 Å². The van der Waals surface area contributed by atoms with E-state index in [-0.39, 0.29) is 17.7 Å². The Morgan fingerprint density at radius 2 is 2.21 bits per heavy atom. The van der Waals surface area contributed by atoms with Gasteiger partial charge in [-0.1, -0.05) is 15.9 Å². The highest BCUT2D eigenvalue weighted by Gasteiger charge is 2.10. The number of nitrogens with two attached hydrogens (primary N) is 1. The predicted octanol–water partition coefficient (Wildman–Crippen LogP) is -1.94. The average molecular weight is 263 g/mol. The normalized spacial score (nSPS) is 11.5. The summed E-state index contributed by atoms with van der Waals surface area (Å²) in [7, 11) is 1.20. The Morgan fingerprint density at radius 3 is 2.64 bits per heavy atom. The second-order valence-electron chi connectivity index (χ2n) is 2.43. The van der Waals surface area contributed by atoms with Crippen molar-refractivity contribution in [1.82, 2.24) is 10.5 Å². The van der Waals surface area contributed by atoms with Gasteiger partial charge in [0.25, 0.3) is 0 Å². The highest BCUT2D eigenvalue weighted by Crippen LogP contribution is 1.84. The summed E-state index contributed by atoms with van der Waals surface area (Å²) in [5.74, 6) is -0.851. The van der Waals surface area contributed by atoms with E-state index < -0.39 is 11.9 Å². The van der Waals surface area contributed by atoms with Crippen LogP contribution in [0.3, 0.4) is 0 Å². The number of carbonyl (C=O) groups is 3. The molecule has 77 valence electrons. The molecule has 0 aliphatic carbocycles. The van der Waals surface area contributed by atoms with Gasteiger partial charge in [0.15, 0.2) is 0 Å². The third-order valence-corrected chi connectivity index (χ3v) is 1.75. The van der Waals surface area contributed by atoms with Gasteiger partial charge in [-0.2, -0.15) is 0 Å². The Kier molecular flexibility index (Phi) is 7.04. The SMILES string of the molecule is NC(=O)CC(C=O)N[B]NC(=O)CBr. The number of nitrogens with one attached hydrogen (secondary N) is 2. The summed E-state index contributed by atoms with van der Waals surface area (Å²) in [6.07, 6.45) is 0.436. The van der Waals surface area contributed by atoms with E-state index in [1.807, 2.05) is 0 Å². The standard InChI is InChI=1S/C6H10BBrN3O3/c8-2-6(14)11-7-10-4(3-12)1-5(9)13/h3-4,10H,1-2H2,(H2,9,13)(H,11,14). The largest absolute Gasteiger partial charge is 0.387 e. The lowest BCUT2D eigenvalue weighted by molar-refractivity contribution is -0.120. The van der Waals surface area contributed by atoms with Gasteiger partial charge in [0, 0.05) is 6.42 Å². The number of hydrogen-bond donors (Lipinski definition) is 3. The highest BCUT2D eigenvalue weighted by atomic mass is 79.9. The molecule has 0 aliphatic rings. The van der Waals surface area contributed by atoms with Gasteiger partial charge in [-0.05, 0) is 0 Å². The molecule has 0 bridgehead atoms. The zero-order valence-corrected chi connectivity index (χ0v) is 8.91. The smallest absolute Gasteiger partial charge is 0.349 e. The molecule has 6 nitrogen and oxygen atoms in total. The van der Waals surface area contributed by atoms with Gasteiger partial charge in [-0.15, -0.1) is 0 Å². The first-order chi connectivity index (χ1) is 6.60. The fraction of sp³-hybridized carbons (Fsp3) is 0.500. The topological polar surface area (TPSA) is 101 Å². The van der Waals surface area contributed by atoms with E-state index in [2.05, 4.69) is 26.4 Å². The Labute approximate surface area is 90.4 Å². The molecule has 0 spiro atoms. The molecular formula is C6H10BBrN3O3. The summed E-state index contributed by atoms with van der Waals surface area (Å²) < 4.78 is 0. The maximum atomic E-state index is 10.7. The maximum absolute atomic E-state index is 10.7. The van der Waals surface area contributed by atoms with Crippen LogP contribution < -0.4 is 16.2 Å². The summed E-state index contributed by atoms with van der Waals surface area (Å²) in [5, 5.41) is 5.02. The molecule has 0 saturated heterocycles. The molecular weight excluding hydrogens is 253 g/mol. The molecule has 8 heteroatoms. The van der Waals surface area contributed by atoms with Crippen LogP contribution in [0.5, 0.6) is 0 Å². The number of alkyl halides is 1. The highest BCUT2D eigenvalue weighted by molar-refractivity contribution is 9.09. The Hall–Kier alpha value is -0.885. The minimum Gasteiger partial charge on any atom is -0.387 e. The number of halogens is 1. The van der Waals surface area contributed by atoms with Crippen molar-refractivity contribution in [3.8, 4) is 0 Å². The molecule has 1 unspecified atom stereocenters. The number of primary amides is 1. The fourth-order valence-corrected chi connectivity index (χ4v) is 0.793. The van der Waals surface area contributed by atoms with Crippen LogP contribution in [0.15, 0.2) is 0 Å². The Bertz CT molecular complexity index is 226. The Balaban J connectivity index is 3.67. The third kappa shape index (κ3) is 6.61. The molecule has 0 rings (SSSR count). The fourth-order valence-electron chi connectivity index (χ4n) is 0.631. The van der Waals surface area contributed by atoms with E-state index in [4.69, 9.17) is 5.73 Å². The van der Waals surface area contributed by atoms with Gasteiger partial charge in [-0.3, -0.25) is 9.59 Å². The number of rotatable bonds is 7. The lowest BCUT2D eigenvalue weighted by Gasteiger charge is -2.09. The van der Waals surface area contributed by atoms with Crippen LogP contribution in [0.25, 0.3) is 0 Å². The van der Waals surface area contributed by atoms with Crippen molar-refractivity contribution < 1.29 is 14.4 Å². The molecule has 0 fully saturated rings. The maximum Gasteiger partial charge on any atom is 0.349 e. The van der Waals surface area contributed by atoms with Gasteiger partial charge in [-0.25, -0.2) is 0 Å².